The summed E-state index contributed by atoms with van der Waals surface area (Å²) in [4.78, 5) is 10.2. The first-order chi connectivity index (χ1) is 6.06. The van der Waals surface area contributed by atoms with Crippen molar-refractivity contribution in [2.75, 3.05) is 0 Å². The Morgan fingerprint density at radius 2 is 2.23 bits per heavy atom. The molecule has 0 radical (unpaired) electrons. The standard InChI is InChI=1S/C8H9IN2O2/c1-5-2-6(9)3-8(11(12)13)7(5)4-10/h2-3H,4,10H2,1H3. The molecule has 0 aromatic heterocycles. The summed E-state index contributed by atoms with van der Waals surface area (Å²) in [5.74, 6) is 0. The predicted octanol–water partition coefficient (Wildman–Crippen LogP) is 1.97. The maximum Gasteiger partial charge on any atom is 0.275 e. The second kappa shape index (κ2) is 4.01. The van der Waals surface area contributed by atoms with Crippen LogP contribution in [0.4, 0.5) is 5.69 Å². The Hall–Kier alpha value is -0.690. The van der Waals surface area contributed by atoms with Gasteiger partial charge in [0.05, 0.1) is 4.92 Å². The monoisotopic (exact) mass is 292 g/mol. The summed E-state index contributed by atoms with van der Waals surface area (Å²) in [6.07, 6.45) is 0. The van der Waals surface area contributed by atoms with Crippen molar-refractivity contribution in [1.82, 2.24) is 0 Å². The van der Waals surface area contributed by atoms with Gasteiger partial charge in [-0.2, -0.15) is 0 Å². The van der Waals surface area contributed by atoms with Crippen molar-refractivity contribution in [2.24, 2.45) is 5.73 Å². The van der Waals surface area contributed by atoms with Crippen LogP contribution in [-0.4, -0.2) is 4.92 Å². The number of benzene rings is 1. The van der Waals surface area contributed by atoms with Gasteiger partial charge < -0.3 is 5.73 Å². The fourth-order valence-electron chi connectivity index (χ4n) is 1.18. The SMILES string of the molecule is Cc1cc(I)cc([N+](=O)[O-])c1CN. The van der Waals surface area contributed by atoms with E-state index in [2.05, 4.69) is 22.6 Å². The average Bonchev–Trinajstić information content (AvgIpc) is 2.02. The molecule has 0 saturated carbocycles. The molecule has 0 aliphatic rings. The number of hydrogen-bond acceptors (Lipinski definition) is 3. The molecule has 0 heterocycles. The van der Waals surface area contributed by atoms with E-state index in [1.165, 1.54) is 6.07 Å². The lowest BCUT2D eigenvalue weighted by Gasteiger charge is -2.04. The third-order valence-electron chi connectivity index (χ3n) is 1.82. The number of nitrogens with two attached hydrogens (primary N) is 1. The van der Waals surface area contributed by atoms with Crippen LogP contribution in [0, 0.1) is 20.6 Å². The van der Waals surface area contributed by atoms with Gasteiger partial charge in [-0.15, -0.1) is 0 Å². The molecule has 2 N–H and O–H groups in total. The highest BCUT2D eigenvalue weighted by atomic mass is 127. The van der Waals surface area contributed by atoms with Crippen molar-refractivity contribution in [1.29, 1.82) is 0 Å². The summed E-state index contributed by atoms with van der Waals surface area (Å²) < 4.78 is 0.860. The Balaban J connectivity index is 3.38. The molecule has 0 unspecified atom stereocenters. The second-order valence-corrected chi connectivity index (χ2v) is 3.93. The number of nitro benzene ring substituents is 1. The molecule has 0 atom stereocenters. The molecular formula is C8H9IN2O2. The average molecular weight is 292 g/mol. The van der Waals surface area contributed by atoms with Crippen LogP contribution >= 0.6 is 22.6 Å². The molecule has 0 spiro atoms. The van der Waals surface area contributed by atoms with Crippen LogP contribution in [0.25, 0.3) is 0 Å². The Morgan fingerprint density at radius 1 is 1.62 bits per heavy atom. The molecule has 0 bridgehead atoms. The number of rotatable bonds is 2. The molecule has 5 heteroatoms. The molecule has 1 aromatic rings. The summed E-state index contributed by atoms with van der Waals surface area (Å²) in [7, 11) is 0. The zero-order valence-electron chi connectivity index (χ0n) is 7.08. The number of halogens is 1. The third kappa shape index (κ3) is 2.16. The Kier molecular flexibility index (Phi) is 3.21. The highest BCUT2D eigenvalue weighted by molar-refractivity contribution is 14.1. The number of nitrogens with zero attached hydrogens (tertiary/aromatic N) is 1. The number of nitro groups is 1. The highest BCUT2D eigenvalue weighted by Gasteiger charge is 2.15. The minimum Gasteiger partial charge on any atom is -0.326 e. The van der Waals surface area contributed by atoms with Gasteiger partial charge in [0.25, 0.3) is 5.69 Å². The van der Waals surface area contributed by atoms with Crippen LogP contribution in [0.3, 0.4) is 0 Å². The molecule has 0 aliphatic carbocycles. The van der Waals surface area contributed by atoms with Gasteiger partial charge in [-0.1, -0.05) is 0 Å². The Labute approximate surface area is 89.4 Å². The number of hydrogen-bond donors (Lipinski definition) is 1. The van der Waals surface area contributed by atoms with Crippen molar-refractivity contribution in [2.45, 2.75) is 13.5 Å². The lowest BCUT2D eigenvalue weighted by Crippen LogP contribution is -2.04. The summed E-state index contributed by atoms with van der Waals surface area (Å²) in [5, 5.41) is 10.6. The molecule has 13 heavy (non-hydrogen) atoms. The molecular weight excluding hydrogens is 283 g/mol. The third-order valence-corrected chi connectivity index (χ3v) is 2.44. The van der Waals surface area contributed by atoms with Gasteiger partial charge in [0, 0.05) is 21.7 Å². The molecule has 70 valence electrons. The number of aryl methyl sites for hydroxylation is 1. The zero-order chi connectivity index (χ0) is 10.0. The van der Waals surface area contributed by atoms with Crippen LogP contribution in [0.5, 0.6) is 0 Å². The van der Waals surface area contributed by atoms with E-state index in [1.54, 1.807) is 0 Å². The van der Waals surface area contributed by atoms with Gasteiger partial charge in [-0.25, -0.2) is 0 Å². The van der Waals surface area contributed by atoms with E-state index >= 15 is 0 Å². The molecule has 0 aliphatic heterocycles. The summed E-state index contributed by atoms with van der Waals surface area (Å²) in [6.45, 7) is 2.04. The topological polar surface area (TPSA) is 69.2 Å². The maximum atomic E-state index is 10.6. The van der Waals surface area contributed by atoms with E-state index in [1.807, 2.05) is 13.0 Å². The van der Waals surface area contributed by atoms with E-state index in [9.17, 15) is 10.1 Å². The quantitative estimate of drug-likeness (QED) is 0.514. The van der Waals surface area contributed by atoms with E-state index in [0.29, 0.717) is 5.56 Å². The van der Waals surface area contributed by atoms with Crippen LogP contribution in [-0.2, 0) is 6.54 Å². The van der Waals surface area contributed by atoms with Gasteiger partial charge in [0.2, 0.25) is 0 Å². The van der Waals surface area contributed by atoms with Crippen molar-refractivity contribution < 1.29 is 4.92 Å². The van der Waals surface area contributed by atoms with Crippen LogP contribution in [0.15, 0.2) is 12.1 Å². The van der Waals surface area contributed by atoms with Gasteiger partial charge in [-0.3, -0.25) is 10.1 Å². The first-order valence-electron chi connectivity index (χ1n) is 3.69. The van der Waals surface area contributed by atoms with Crippen LogP contribution in [0.1, 0.15) is 11.1 Å². The molecule has 1 aromatic carbocycles. The lowest BCUT2D eigenvalue weighted by molar-refractivity contribution is -0.385. The van der Waals surface area contributed by atoms with Gasteiger partial charge >= 0.3 is 0 Å². The van der Waals surface area contributed by atoms with Gasteiger partial charge in [0.1, 0.15) is 0 Å². The normalized spacial score (nSPS) is 10.1. The van der Waals surface area contributed by atoms with E-state index < -0.39 is 4.92 Å². The van der Waals surface area contributed by atoms with Crippen LogP contribution < -0.4 is 5.73 Å². The first-order valence-corrected chi connectivity index (χ1v) is 4.77. The molecule has 1 rings (SSSR count). The Bertz CT molecular complexity index is 352. The largest absolute Gasteiger partial charge is 0.326 e. The van der Waals surface area contributed by atoms with E-state index in [4.69, 9.17) is 5.73 Å². The van der Waals surface area contributed by atoms with Crippen molar-refractivity contribution in [3.05, 3.63) is 36.9 Å². The molecule has 0 amide bonds. The van der Waals surface area contributed by atoms with Crippen molar-refractivity contribution >= 4 is 28.3 Å². The summed E-state index contributed by atoms with van der Waals surface area (Å²) in [6, 6.07) is 3.42. The van der Waals surface area contributed by atoms with Crippen LogP contribution in [0.2, 0.25) is 0 Å². The fourth-order valence-corrected chi connectivity index (χ4v) is 1.95. The maximum absolute atomic E-state index is 10.6. The van der Waals surface area contributed by atoms with E-state index in [-0.39, 0.29) is 12.2 Å². The molecule has 0 fully saturated rings. The fraction of sp³-hybridized carbons (Fsp3) is 0.250. The summed E-state index contributed by atoms with van der Waals surface area (Å²) >= 11 is 2.05. The minimum absolute atomic E-state index is 0.118. The van der Waals surface area contributed by atoms with Gasteiger partial charge in [0.15, 0.2) is 0 Å². The van der Waals surface area contributed by atoms with Crippen molar-refractivity contribution in [3.8, 4) is 0 Å². The van der Waals surface area contributed by atoms with Gasteiger partial charge in [-0.05, 0) is 41.1 Å². The predicted molar refractivity (Wildman–Crippen MR) is 58.4 cm³/mol. The second-order valence-electron chi connectivity index (χ2n) is 2.68. The first kappa shape index (κ1) is 10.4. The lowest BCUT2D eigenvalue weighted by atomic mass is 10.1. The zero-order valence-corrected chi connectivity index (χ0v) is 9.24. The molecule has 4 nitrogen and oxygen atoms in total. The molecule has 0 saturated heterocycles. The summed E-state index contributed by atoms with van der Waals surface area (Å²) in [5.41, 5.74) is 7.04. The Morgan fingerprint density at radius 3 is 2.69 bits per heavy atom. The smallest absolute Gasteiger partial charge is 0.275 e. The van der Waals surface area contributed by atoms with E-state index in [0.717, 1.165) is 9.13 Å². The minimum atomic E-state index is -0.392. The highest BCUT2D eigenvalue weighted by Crippen LogP contribution is 2.24. The van der Waals surface area contributed by atoms with Crippen molar-refractivity contribution in [3.63, 3.8) is 0 Å².